The van der Waals surface area contributed by atoms with Gasteiger partial charge in [-0.2, -0.15) is 0 Å². The first-order valence-corrected chi connectivity index (χ1v) is 6.18. The van der Waals surface area contributed by atoms with Gasteiger partial charge in [0.05, 0.1) is 18.9 Å². The van der Waals surface area contributed by atoms with Crippen LogP contribution in [0.15, 0.2) is 18.2 Å². The van der Waals surface area contributed by atoms with Crippen LogP contribution >= 0.6 is 0 Å². The van der Waals surface area contributed by atoms with Gasteiger partial charge in [-0.05, 0) is 36.5 Å². The van der Waals surface area contributed by atoms with Crippen molar-refractivity contribution in [2.24, 2.45) is 0 Å². The zero-order chi connectivity index (χ0) is 12.8. The fraction of sp³-hybridized carbons (Fsp3) is 0.429. The van der Waals surface area contributed by atoms with Gasteiger partial charge < -0.3 is 10.1 Å². The molecule has 1 aliphatic carbocycles. The molecule has 0 bridgehead atoms. The predicted octanol–water partition coefficient (Wildman–Crippen LogP) is 1.78. The predicted molar refractivity (Wildman–Crippen MR) is 66.3 cm³/mol. The quantitative estimate of drug-likeness (QED) is 0.808. The first-order chi connectivity index (χ1) is 8.67. The third-order valence-electron chi connectivity index (χ3n) is 4.04. The second kappa shape index (κ2) is 3.83. The van der Waals surface area contributed by atoms with E-state index in [-0.39, 0.29) is 18.3 Å². The van der Waals surface area contributed by atoms with E-state index in [1.54, 1.807) is 0 Å². The lowest BCUT2D eigenvalue weighted by atomic mass is 9.69. The Morgan fingerprint density at radius 3 is 3.11 bits per heavy atom. The molecule has 0 spiro atoms. The van der Waals surface area contributed by atoms with Crippen molar-refractivity contribution in [1.82, 2.24) is 0 Å². The summed E-state index contributed by atoms with van der Waals surface area (Å²) in [6.45, 7) is 0. The summed E-state index contributed by atoms with van der Waals surface area (Å²) in [6.07, 6.45) is 2.76. The molecule has 1 N–H and O–H groups in total. The molecule has 1 aromatic rings. The maximum atomic E-state index is 12.3. The molecule has 4 nitrogen and oxygen atoms in total. The molecule has 1 amide bonds. The number of aryl methyl sites for hydroxylation is 1. The van der Waals surface area contributed by atoms with Crippen LogP contribution in [0, 0.1) is 0 Å². The second-order valence-corrected chi connectivity index (χ2v) is 4.98. The van der Waals surface area contributed by atoms with Gasteiger partial charge >= 0.3 is 5.97 Å². The van der Waals surface area contributed by atoms with Crippen molar-refractivity contribution in [2.75, 3.05) is 12.4 Å². The first-order valence-electron chi connectivity index (χ1n) is 6.18. The standard InChI is InChI=1S/C14H15NO3/c1-18-11(16)8-14-7-3-5-9-4-2-6-10(12(9)14)15-13(14)17/h2,4,6H,3,5,7-8H2,1H3,(H,15,17). The summed E-state index contributed by atoms with van der Waals surface area (Å²) in [4.78, 5) is 23.9. The van der Waals surface area contributed by atoms with Gasteiger partial charge in [0, 0.05) is 5.69 Å². The fourth-order valence-electron chi connectivity index (χ4n) is 3.23. The monoisotopic (exact) mass is 245 g/mol. The third kappa shape index (κ3) is 1.38. The van der Waals surface area contributed by atoms with E-state index in [1.165, 1.54) is 12.7 Å². The molecule has 1 aliphatic heterocycles. The topological polar surface area (TPSA) is 55.4 Å². The van der Waals surface area contributed by atoms with Gasteiger partial charge in [0.1, 0.15) is 0 Å². The summed E-state index contributed by atoms with van der Waals surface area (Å²) < 4.78 is 4.75. The number of carbonyl (C=O) groups excluding carboxylic acids is 2. The molecule has 4 heteroatoms. The minimum atomic E-state index is -0.697. The van der Waals surface area contributed by atoms with Crippen LogP contribution in [-0.4, -0.2) is 19.0 Å². The molecule has 1 aromatic carbocycles. The van der Waals surface area contributed by atoms with Crippen LogP contribution in [0.1, 0.15) is 30.4 Å². The summed E-state index contributed by atoms with van der Waals surface area (Å²) in [5.41, 5.74) is 2.37. The SMILES string of the molecule is COC(=O)CC12CCCc3cccc(c31)NC2=O. The number of rotatable bonds is 2. The fourth-order valence-corrected chi connectivity index (χ4v) is 3.23. The van der Waals surface area contributed by atoms with Crippen LogP contribution in [0.3, 0.4) is 0 Å². The average molecular weight is 245 g/mol. The number of hydrogen-bond donors (Lipinski definition) is 1. The van der Waals surface area contributed by atoms with Crippen molar-refractivity contribution in [3.63, 3.8) is 0 Å². The molecular weight excluding hydrogens is 230 g/mol. The molecule has 0 radical (unpaired) electrons. The van der Waals surface area contributed by atoms with Crippen LogP contribution in [0.4, 0.5) is 5.69 Å². The highest BCUT2D eigenvalue weighted by Gasteiger charge is 2.50. The number of benzene rings is 1. The minimum Gasteiger partial charge on any atom is -0.469 e. The van der Waals surface area contributed by atoms with Gasteiger partial charge in [-0.3, -0.25) is 9.59 Å². The van der Waals surface area contributed by atoms with Crippen LogP contribution in [0.5, 0.6) is 0 Å². The number of ether oxygens (including phenoxy) is 1. The third-order valence-corrected chi connectivity index (χ3v) is 4.04. The molecule has 94 valence electrons. The Bertz CT molecular complexity index is 538. The molecule has 0 fully saturated rings. The second-order valence-electron chi connectivity index (χ2n) is 4.98. The largest absolute Gasteiger partial charge is 0.469 e. The molecule has 1 unspecified atom stereocenters. The molecule has 0 aromatic heterocycles. The van der Waals surface area contributed by atoms with E-state index in [0.717, 1.165) is 30.5 Å². The molecule has 3 rings (SSSR count). The maximum absolute atomic E-state index is 12.3. The van der Waals surface area contributed by atoms with E-state index in [9.17, 15) is 9.59 Å². The zero-order valence-corrected chi connectivity index (χ0v) is 10.3. The van der Waals surface area contributed by atoms with E-state index in [2.05, 4.69) is 5.32 Å². The van der Waals surface area contributed by atoms with Gasteiger partial charge in [0.25, 0.3) is 0 Å². The van der Waals surface area contributed by atoms with E-state index in [4.69, 9.17) is 4.74 Å². The lowest BCUT2D eigenvalue weighted by molar-refractivity contribution is -0.144. The Labute approximate surface area is 105 Å². The average Bonchev–Trinajstić information content (AvgIpc) is 2.65. The minimum absolute atomic E-state index is 0.0601. The Kier molecular flexibility index (Phi) is 2.40. The van der Waals surface area contributed by atoms with Crippen molar-refractivity contribution < 1.29 is 14.3 Å². The van der Waals surface area contributed by atoms with E-state index in [0.29, 0.717) is 0 Å². The number of carbonyl (C=O) groups is 2. The van der Waals surface area contributed by atoms with Crippen molar-refractivity contribution in [2.45, 2.75) is 31.1 Å². The molecule has 0 saturated carbocycles. The molecule has 1 atom stereocenters. The molecule has 1 heterocycles. The summed E-state index contributed by atoms with van der Waals surface area (Å²) in [5, 5.41) is 2.90. The van der Waals surface area contributed by atoms with Crippen molar-refractivity contribution in [3.8, 4) is 0 Å². The number of esters is 1. The number of nitrogens with one attached hydrogen (secondary N) is 1. The van der Waals surface area contributed by atoms with Gasteiger partial charge in [0.2, 0.25) is 5.91 Å². The van der Waals surface area contributed by atoms with Crippen LogP contribution in [-0.2, 0) is 26.2 Å². The molecule has 2 aliphatic rings. The van der Waals surface area contributed by atoms with Crippen molar-refractivity contribution >= 4 is 17.6 Å². The highest BCUT2D eigenvalue weighted by atomic mass is 16.5. The van der Waals surface area contributed by atoms with Gasteiger partial charge in [-0.1, -0.05) is 12.1 Å². The van der Waals surface area contributed by atoms with E-state index >= 15 is 0 Å². The Morgan fingerprint density at radius 1 is 1.50 bits per heavy atom. The lowest BCUT2D eigenvalue weighted by Crippen LogP contribution is -2.39. The highest BCUT2D eigenvalue weighted by molar-refractivity contribution is 6.08. The summed E-state index contributed by atoms with van der Waals surface area (Å²) in [5.74, 6) is -0.384. The van der Waals surface area contributed by atoms with Gasteiger partial charge in [-0.25, -0.2) is 0 Å². The summed E-state index contributed by atoms with van der Waals surface area (Å²) in [7, 11) is 1.36. The maximum Gasteiger partial charge on any atom is 0.306 e. The highest BCUT2D eigenvalue weighted by Crippen LogP contribution is 2.48. The van der Waals surface area contributed by atoms with Crippen molar-refractivity contribution in [3.05, 3.63) is 29.3 Å². The van der Waals surface area contributed by atoms with Gasteiger partial charge in [-0.15, -0.1) is 0 Å². The van der Waals surface area contributed by atoms with E-state index < -0.39 is 5.41 Å². The molecule has 0 saturated heterocycles. The number of anilines is 1. The van der Waals surface area contributed by atoms with Crippen LogP contribution in [0.2, 0.25) is 0 Å². The molecular formula is C14H15NO3. The Morgan fingerprint density at radius 2 is 2.33 bits per heavy atom. The lowest BCUT2D eigenvalue weighted by Gasteiger charge is -2.31. The summed E-state index contributed by atoms with van der Waals surface area (Å²) in [6, 6.07) is 5.90. The summed E-state index contributed by atoms with van der Waals surface area (Å²) >= 11 is 0. The molecule has 18 heavy (non-hydrogen) atoms. The smallest absolute Gasteiger partial charge is 0.306 e. The zero-order valence-electron chi connectivity index (χ0n) is 10.3. The normalized spacial score (nSPS) is 24.4. The van der Waals surface area contributed by atoms with Gasteiger partial charge in [0.15, 0.2) is 0 Å². The Balaban J connectivity index is 2.14. The number of methoxy groups -OCH3 is 1. The first kappa shape index (κ1) is 11.3. The number of amides is 1. The van der Waals surface area contributed by atoms with E-state index in [1.807, 2.05) is 18.2 Å². The Hall–Kier alpha value is -1.84. The van der Waals surface area contributed by atoms with Crippen LogP contribution < -0.4 is 5.32 Å². The van der Waals surface area contributed by atoms with Crippen LogP contribution in [0.25, 0.3) is 0 Å². The number of hydrogen-bond acceptors (Lipinski definition) is 3. The van der Waals surface area contributed by atoms with Crippen molar-refractivity contribution in [1.29, 1.82) is 0 Å².